The molecule has 0 radical (unpaired) electrons. The first-order chi connectivity index (χ1) is 13.3. The molecule has 27 heavy (non-hydrogen) atoms. The highest BCUT2D eigenvalue weighted by Gasteiger charge is 2.16. The number of ether oxygens (including phenoxy) is 1. The molecule has 0 N–H and O–H groups in total. The van der Waals surface area contributed by atoms with Gasteiger partial charge in [0.05, 0.1) is 11.5 Å². The van der Waals surface area contributed by atoms with Crippen LogP contribution in [0.4, 0.5) is 4.39 Å². The van der Waals surface area contributed by atoms with E-state index in [1.54, 1.807) is 35.2 Å². The molecule has 0 saturated carbocycles. The molecule has 0 aliphatic heterocycles. The lowest BCUT2D eigenvalue weighted by Crippen LogP contribution is -2.03. The molecule has 0 aliphatic carbocycles. The van der Waals surface area contributed by atoms with E-state index in [2.05, 4.69) is 14.8 Å². The highest BCUT2D eigenvalue weighted by atomic mass is 32.2. The number of nitrogens with zero attached hydrogens (tertiary/aromatic N) is 3. The van der Waals surface area contributed by atoms with Crippen LogP contribution in [-0.2, 0) is 0 Å². The van der Waals surface area contributed by atoms with Gasteiger partial charge in [0.1, 0.15) is 11.6 Å². The van der Waals surface area contributed by atoms with Crippen molar-refractivity contribution < 1.29 is 9.13 Å². The maximum Gasteiger partial charge on any atom is 0.196 e. The zero-order valence-electron chi connectivity index (χ0n) is 14.3. The summed E-state index contributed by atoms with van der Waals surface area (Å²) >= 11 is 3.21. The molecule has 2 aromatic carbocycles. The smallest absolute Gasteiger partial charge is 0.196 e. The molecule has 0 aliphatic rings. The van der Waals surface area contributed by atoms with Crippen LogP contribution in [0.2, 0.25) is 0 Å². The van der Waals surface area contributed by atoms with E-state index in [-0.39, 0.29) is 5.82 Å². The zero-order valence-corrected chi connectivity index (χ0v) is 15.9. The average molecular weight is 398 g/mol. The minimum atomic E-state index is -0.270. The first kappa shape index (κ1) is 17.8. The van der Waals surface area contributed by atoms with Gasteiger partial charge in [-0.2, -0.15) is 0 Å². The lowest BCUT2D eigenvalue weighted by atomic mass is 10.3. The van der Waals surface area contributed by atoms with Gasteiger partial charge in [0, 0.05) is 11.4 Å². The van der Waals surface area contributed by atoms with Crippen molar-refractivity contribution in [2.24, 2.45) is 0 Å². The standard InChI is InChI=1S/C20H16FN3OS2/c21-15-8-10-17(11-9-15)25-12-14-27-20-23-22-19(18-7-4-13-26-18)24(20)16-5-2-1-3-6-16/h1-11,13H,12,14H2. The molecular weight excluding hydrogens is 381 g/mol. The minimum absolute atomic E-state index is 0.270. The van der Waals surface area contributed by atoms with E-state index in [1.165, 1.54) is 12.1 Å². The first-order valence-electron chi connectivity index (χ1n) is 8.37. The second-order valence-corrected chi connectivity index (χ2v) is 7.62. The van der Waals surface area contributed by atoms with Gasteiger partial charge >= 0.3 is 0 Å². The molecule has 4 nitrogen and oxygen atoms in total. The highest BCUT2D eigenvalue weighted by Crippen LogP contribution is 2.30. The average Bonchev–Trinajstić information content (AvgIpc) is 3.37. The van der Waals surface area contributed by atoms with Gasteiger partial charge in [0.15, 0.2) is 11.0 Å². The van der Waals surface area contributed by atoms with E-state index in [4.69, 9.17) is 4.74 Å². The normalized spacial score (nSPS) is 10.9. The summed E-state index contributed by atoms with van der Waals surface area (Å²) in [4.78, 5) is 1.07. The van der Waals surface area contributed by atoms with Gasteiger partial charge in [-0.05, 0) is 47.8 Å². The monoisotopic (exact) mass is 397 g/mol. The van der Waals surface area contributed by atoms with Crippen LogP contribution in [0.25, 0.3) is 16.4 Å². The van der Waals surface area contributed by atoms with Crippen LogP contribution in [0.3, 0.4) is 0 Å². The molecule has 4 aromatic rings. The molecule has 0 atom stereocenters. The Bertz CT molecular complexity index is 986. The van der Waals surface area contributed by atoms with Crippen molar-refractivity contribution in [3.8, 4) is 22.1 Å². The molecule has 0 fully saturated rings. The summed E-state index contributed by atoms with van der Waals surface area (Å²) in [6, 6.07) is 20.2. The number of aromatic nitrogens is 3. The predicted molar refractivity (Wildman–Crippen MR) is 107 cm³/mol. The van der Waals surface area contributed by atoms with E-state index >= 15 is 0 Å². The van der Waals surface area contributed by atoms with E-state index in [9.17, 15) is 4.39 Å². The molecule has 0 spiro atoms. The van der Waals surface area contributed by atoms with Crippen molar-refractivity contribution in [3.63, 3.8) is 0 Å². The van der Waals surface area contributed by atoms with Gasteiger partial charge in [-0.25, -0.2) is 4.39 Å². The molecule has 0 saturated heterocycles. The number of para-hydroxylation sites is 1. The Morgan fingerprint density at radius 1 is 0.963 bits per heavy atom. The van der Waals surface area contributed by atoms with E-state index < -0.39 is 0 Å². The topological polar surface area (TPSA) is 39.9 Å². The Balaban J connectivity index is 1.50. The third kappa shape index (κ3) is 4.20. The van der Waals surface area contributed by atoms with Gasteiger partial charge in [0.2, 0.25) is 0 Å². The van der Waals surface area contributed by atoms with Crippen molar-refractivity contribution in [2.45, 2.75) is 5.16 Å². The van der Waals surface area contributed by atoms with Crippen LogP contribution in [0.5, 0.6) is 5.75 Å². The molecular formula is C20H16FN3OS2. The van der Waals surface area contributed by atoms with Crippen molar-refractivity contribution in [2.75, 3.05) is 12.4 Å². The number of thioether (sulfide) groups is 1. The number of halogens is 1. The first-order valence-corrected chi connectivity index (χ1v) is 10.2. The molecule has 136 valence electrons. The summed E-state index contributed by atoms with van der Waals surface area (Å²) in [5, 5.41) is 11.6. The molecule has 4 rings (SSSR count). The minimum Gasteiger partial charge on any atom is -0.493 e. The van der Waals surface area contributed by atoms with E-state index in [1.807, 2.05) is 47.8 Å². The summed E-state index contributed by atoms with van der Waals surface area (Å²) in [6.07, 6.45) is 0. The largest absolute Gasteiger partial charge is 0.493 e. The summed E-state index contributed by atoms with van der Waals surface area (Å²) in [6.45, 7) is 0.492. The van der Waals surface area contributed by atoms with Crippen molar-refractivity contribution in [1.82, 2.24) is 14.8 Å². The molecule has 2 heterocycles. The Hall–Kier alpha value is -2.64. The number of hydrogen-bond donors (Lipinski definition) is 0. The summed E-state index contributed by atoms with van der Waals surface area (Å²) in [5.74, 6) is 1.92. The predicted octanol–water partition coefficient (Wildman–Crippen LogP) is 5.31. The van der Waals surface area contributed by atoms with Crippen LogP contribution in [0, 0.1) is 5.82 Å². The molecule has 0 bridgehead atoms. The lowest BCUT2D eigenvalue weighted by molar-refractivity contribution is 0.343. The SMILES string of the molecule is Fc1ccc(OCCSc2nnc(-c3cccs3)n2-c2ccccc2)cc1. The van der Waals surface area contributed by atoms with Gasteiger partial charge in [-0.1, -0.05) is 36.0 Å². The van der Waals surface area contributed by atoms with Crippen LogP contribution in [0.1, 0.15) is 0 Å². The third-order valence-corrected chi connectivity index (χ3v) is 5.55. The van der Waals surface area contributed by atoms with Crippen LogP contribution in [0.15, 0.2) is 77.3 Å². The van der Waals surface area contributed by atoms with Gasteiger partial charge in [-0.3, -0.25) is 4.57 Å². The fourth-order valence-electron chi connectivity index (χ4n) is 2.56. The second kappa shape index (κ2) is 8.37. The second-order valence-electron chi connectivity index (χ2n) is 5.61. The van der Waals surface area contributed by atoms with Gasteiger partial charge in [0.25, 0.3) is 0 Å². The number of hydrogen-bond acceptors (Lipinski definition) is 5. The highest BCUT2D eigenvalue weighted by molar-refractivity contribution is 7.99. The summed E-state index contributed by atoms with van der Waals surface area (Å²) in [5.41, 5.74) is 1.02. The summed E-state index contributed by atoms with van der Waals surface area (Å²) < 4.78 is 20.7. The number of benzene rings is 2. The van der Waals surface area contributed by atoms with Crippen molar-refractivity contribution in [1.29, 1.82) is 0 Å². The van der Waals surface area contributed by atoms with E-state index in [0.717, 1.165) is 21.5 Å². The van der Waals surface area contributed by atoms with Gasteiger partial charge < -0.3 is 4.74 Å². The van der Waals surface area contributed by atoms with Gasteiger partial charge in [-0.15, -0.1) is 21.5 Å². The van der Waals surface area contributed by atoms with Crippen LogP contribution < -0.4 is 4.74 Å². The quantitative estimate of drug-likeness (QED) is 0.313. The Morgan fingerprint density at radius 2 is 1.78 bits per heavy atom. The fraction of sp³-hybridized carbons (Fsp3) is 0.100. The molecule has 7 heteroatoms. The molecule has 0 unspecified atom stereocenters. The fourth-order valence-corrected chi connectivity index (χ4v) is 4.03. The Kier molecular flexibility index (Phi) is 5.50. The number of thiophene rings is 1. The van der Waals surface area contributed by atoms with Crippen molar-refractivity contribution in [3.05, 3.63) is 77.9 Å². The summed E-state index contributed by atoms with van der Waals surface area (Å²) in [7, 11) is 0. The van der Waals surface area contributed by atoms with E-state index in [0.29, 0.717) is 18.1 Å². The maximum atomic E-state index is 12.9. The zero-order chi connectivity index (χ0) is 18.5. The molecule has 0 amide bonds. The van der Waals surface area contributed by atoms with Crippen molar-refractivity contribution >= 4 is 23.1 Å². The Morgan fingerprint density at radius 3 is 2.52 bits per heavy atom. The van der Waals surface area contributed by atoms with Crippen LogP contribution in [-0.4, -0.2) is 27.1 Å². The lowest BCUT2D eigenvalue weighted by Gasteiger charge is -2.10. The Labute approximate surface area is 164 Å². The van der Waals surface area contributed by atoms with Crippen LogP contribution >= 0.6 is 23.1 Å². The molecule has 2 aromatic heterocycles. The maximum absolute atomic E-state index is 12.9. The third-order valence-electron chi connectivity index (χ3n) is 3.79. The number of rotatable bonds is 7.